The van der Waals surface area contributed by atoms with Gasteiger partial charge in [-0.25, -0.2) is 4.79 Å². The molecule has 1 N–H and O–H groups in total. The summed E-state index contributed by atoms with van der Waals surface area (Å²) in [4.78, 5) is 22.9. The minimum absolute atomic E-state index is 0.0802. The van der Waals surface area contributed by atoms with Crippen molar-refractivity contribution in [3.8, 4) is 0 Å². The monoisotopic (exact) mass is 187 g/mol. The smallest absolute Gasteiger partial charge is 0.409 e. The standard InChI is InChI=1S/C8H13NO4/c1-13-8(12)9-3-2-6(5-9)4-7(10)11/h6H,2-5H2,1H3,(H,10,11). The second kappa shape index (κ2) is 4.11. The van der Waals surface area contributed by atoms with Gasteiger partial charge in [-0.1, -0.05) is 0 Å². The Morgan fingerprint density at radius 3 is 2.85 bits per heavy atom. The van der Waals surface area contributed by atoms with Gasteiger partial charge in [0.1, 0.15) is 0 Å². The number of carboxylic acid groups (broad SMARTS) is 1. The second-order valence-electron chi connectivity index (χ2n) is 3.17. The van der Waals surface area contributed by atoms with Crippen LogP contribution in [-0.4, -0.2) is 42.3 Å². The first-order valence-corrected chi connectivity index (χ1v) is 4.18. The van der Waals surface area contributed by atoms with Gasteiger partial charge in [0.15, 0.2) is 0 Å². The van der Waals surface area contributed by atoms with E-state index in [1.807, 2.05) is 0 Å². The lowest BCUT2D eigenvalue weighted by Crippen LogP contribution is -2.28. The maximum Gasteiger partial charge on any atom is 0.409 e. The first kappa shape index (κ1) is 9.83. The normalized spacial score (nSPS) is 21.6. The van der Waals surface area contributed by atoms with Gasteiger partial charge in [-0.15, -0.1) is 0 Å². The van der Waals surface area contributed by atoms with Gasteiger partial charge in [0.2, 0.25) is 0 Å². The summed E-state index contributed by atoms with van der Waals surface area (Å²) in [6, 6.07) is 0. The van der Waals surface area contributed by atoms with Gasteiger partial charge < -0.3 is 14.7 Å². The molecule has 0 aromatic heterocycles. The summed E-state index contributed by atoms with van der Waals surface area (Å²) in [5, 5.41) is 8.52. The predicted molar refractivity (Wildman–Crippen MR) is 44.3 cm³/mol. The summed E-state index contributed by atoms with van der Waals surface area (Å²) >= 11 is 0. The van der Waals surface area contributed by atoms with E-state index < -0.39 is 5.97 Å². The van der Waals surface area contributed by atoms with E-state index in [0.29, 0.717) is 13.1 Å². The Kier molecular flexibility index (Phi) is 3.11. The number of carboxylic acids is 1. The van der Waals surface area contributed by atoms with Crippen molar-refractivity contribution >= 4 is 12.1 Å². The number of likely N-dealkylation sites (tertiary alicyclic amines) is 1. The molecule has 0 aromatic carbocycles. The van der Waals surface area contributed by atoms with Gasteiger partial charge in [0, 0.05) is 19.5 Å². The van der Waals surface area contributed by atoms with Crippen LogP contribution in [0.25, 0.3) is 0 Å². The van der Waals surface area contributed by atoms with Gasteiger partial charge >= 0.3 is 12.1 Å². The number of ether oxygens (including phenoxy) is 1. The van der Waals surface area contributed by atoms with Crippen LogP contribution in [0.15, 0.2) is 0 Å². The highest BCUT2D eigenvalue weighted by Crippen LogP contribution is 2.19. The molecule has 5 nitrogen and oxygen atoms in total. The zero-order valence-corrected chi connectivity index (χ0v) is 7.52. The van der Waals surface area contributed by atoms with E-state index in [-0.39, 0.29) is 18.4 Å². The first-order valence-electron chi connectivity index (χ1n) is 4.18. The van der Waals surface area contributed by atoms with Crippen molar-refractivity contribution in [2.75, 3.05) is 20.2 Å². The SMILES string of the molecule is COC(=O)N1CCC(CC(=O)O)C1. The molecule has 1 aliphatic rings. The third kappa shape index (κ3) is 2.61. The van der Waals surface area contributed by atoms with Crippen molar-refractivity contribution in [1.29, 1.82) is 0 Å². The van der Waals surface area contributed by atoms with Gasteiger partial charge in [0.25, 0.3) is 0 Å². The van der Waals surface area contributed by atoms with Crippen LogP contribution in [-0.2, 0) is 9.53 Å². The predicted octanol–water partition coefficient (Wildman–Crippen LogP) is 0.549. The zero-order valence-electron chi connectivity index (χ0n) is 7.52. The molecule has 1 amide bonds. The number of rotatable bonds is 2. The van der Waals surface area contributed by atoms with Crippen molar-refractivity contribution in [2.45, 2.75) is 12.8 Å². The molecule has 0 radical (unpaired) electrons. The van der Waals surface area contributed by atoms with Crippen LogP contribution in [0.1, 0.15) is 12.8 Å². The fourth-order valence-electron chi connectivity index (χ4n) is 1.54. The number of amides is 1. The first-order chi connectivity index (χ1) is 6.13. The molecule has 1 saturated heterocycles. The Hall–Kier alpha value is -1.26. The minimum Gasteiger partial charge on any atom is -0.481 e. The fraction of sp³-hybridized carbons (Fsp3) is 0.750. The van der Waals surface area contributed by atoms with Crippen molar-refractivity contribution in [3.05, 3.63) is 0 Å². The van der Waals surface area contributed by atoms with E-state index in [2.05, 4.69) is 4.74 Å². The molecular formula is C8H13NO4. The van der Waals surface area contributed by atoms with E-state index in [4.69, 9.17) is 5.11 Å². The van der Waals surface area contributed by atoms with Crippen LogP contribution in [0.2, 0.25) is 0 Å². The van der Waals surface area contributed by atoms with Crippen molar-refractivity contribution in [1.82, 2.24) is 4.90 Å². The molecule has 1 rings (SSSR count). The van der Waals surface area contributed by atoms with Crippen LogP contribution >= 0.6 is 0 Å². The molecule has 1 unspecified atom stereocenters. The average molecular weight is 187 g/mol. The zero-order chi connectivity index (χ0) is 9.84. The number of carbonyl (C=O) groups excluding carboxylic acids is 1. The maximum atomic E-state index is 11.0. The Morgan fingerprint density at radius 1 is 1.62 bits per heavy atom. The minimum atomic E-state index is -0.809. The number of aliphatic carboxylic acids is 1. The molecule has 1 atom stereocenters. The summed E-state index contributed by atoms with van der Waals surface area (Å²) in [5.41, 5.74) is 0. The largest absolute Gasteiger partial charge is 0.481 e. The third-order valence-corrected chi connectivity index (χ3v) is 2.18. The lowest BCUT2D eigenvalue weighted by molar-refractivity contribution is -0.138. The molecule has 5 heteroatoms. The number of hydrogen-bond acceptors (Lipinski definition) is 3. The van der Waals surface area contributed by atoms with Gasteiger partial charge in [-0.3, -0.25) is 4.79 Å². The van der Waals surface area contributed by atoms with E-state index in [1.165, 1.54) is 12.0 Å². The Labute approximate surface area is 76.3 Å². The Morgan fingerprint density at radius 2 is 2.31 bits per heavy atom. The summed E-state index contributed by atoms with van der Waals surface area (Å²) in [6.07, 6.45) is 0.516. The Bertz CT molecular complexity index is 216. The molecule has 0 aliphatic carbocycles. The molecule has 1 fully saturated rings. The quantitative estimate of drug-likeness (QED) is 0.685. The van der Waals surface area contributed by atoms with E-state index in [9.17, 15) is 9.59 Å². The van der Waals surface area contributed by atoms with E-state index in [0.717, 1.165) is 6.42 Å². The highest BCUT2D eigenvalue weighted by atomic mass is 16.5. The number of carbonyl (C=O) groups is 2. The number of methoxy groups -OCH3 is 1. The number of hydrogen-bond donors (Lipinski definition) is 1. The van der Waals surface area contributed by atoms with Crippen LogP contribution in [0.4, 0.5) is 4.79 Å². The number of nitrogens with zero attached hydrogens (tertiary/aromatic N) is 1. The molecule has 0 spiro atoms. The van der Waals surface area contributed by atoms with E-state index >= 15 is 0 Å². The molecule has 74 valence electrons. The summed E-state index contributed by atoms with van der Waals surface area (Å²) < 4.78 is 4.53. The maximum absolute atomic E-state index is 11.0. The van der Waals surface area contributed by atoms with E-state index in [1.54, 1.807) is 0 Å². The van der Waals surface area contributed by atoms with Gasteiger partial charge in [-0.05, 0) is 12.3 Å². The molecule has 1 aliphatic heterocycles. The topological polar surface area (TPSA) is 66.8 Å². The second-order valence-corrected chi connectivity index (χ2v) is 3.17. The Balaban J connectivity index is 2.36. The van der Waals surface area contributed by atoms with Crippen LogP contribution in [0.3, 0.4) is 0 Å². The molecule has 1 heterocycles. The third-order valence-electron chi connectivity index (χ3n) is 2.18. The molecule has 0 aromatic rings. The highest BCUT2D eigenvalue weighted by molar-refractivity contribution is 5.69. The van der Waals surface area contributed by atoms with Crippen LogP contribution in [0, 0.1) is 5.92 Å². The fourth-order valence-corrected chi connectivity index (χ4v) is 1.54. The summed E-state index contributed by atoms with van der Waals surface area (Å²) in [7, 11) is 1.33. The van der Waals surface area contributed by atoms with Crippen molar-refractivity contribution < 1.29 is 19.4 Å². The van der Waals surface area contributed by atoms with Crippen molar-refractivity contribution in [2.24, 2.45) is 5.92 Å². The van der Waals surface area contributed by atoms with Gasteiger partial charge in [-0.2, -0.15) is 0 Å². The van der Waals surface area contributed by atoms with Crippen LogP contribution in [0.5, 0.6) is 0 Å². The van der Waals surface area contributed by atoms with Gasteiger partial charge in [0.05, 0.1) is 7.11 Å². The molecular weight excluding hydrogens is 174 g/mol. The molecule has 13 heavy (non-hydrogen) atoms. The van der Waals surface area contributed by atoms with Crippen LogP contribution < -0.4 is 0 Å². The lowest BCUT2D eigenvalue weighted by Gasteiger charge is -2.13. The van der Waals surface area contributed by atoms with Crippen molar-refractivity contribution in [3.63, 3.8) is 0 Å². The summed E-state index contributed by atoms with van der Waals surface area (Å²) in [5.74, 6) is -0.728. The summed E-state index contributed by atoms with van der Waals surface area (Å²) in [6.45, 7) is 1.10. The molecule has 0 saturated carbocycles. The molecule has 0 bridgehead atoms. The average Bonchev–Trinajstić information content (AvgIpc) is 2.50. The lowest BCUT2D eigenvalue weighted by atomic mass is 10.1. The highest BCUT2D eigenvalue weighted by Gasteiger charge is 2.27.